The molecule has 0 radical (unpaired) electrons. The molecule has 0 fully saturated rings. The first kappa shape index (κ1) is 9.41. The molecule has 1 unspecified atom stereocenters. The lowest BCUT2D eigenvalue weighted by Crippen LogP contribution is -2.09. The first-order valence-electron chi connectivity index (χ1n) is 5.11. The van der Waals surface area contributed by atoms with E-state index in [1.165, 1.54) is 5.57 Å². The second-order valence-corrected chi connectivity index (χ2v) is 3.77. The van der Waals surface area contributed by atoms with Crippen molar-refractivity contribution in [1.82, 2.24) is 4.98 Å². The van der Waals surface area contributed by atoms with Crippen LogP contribution in [-0.4, -0.2) is 16.7 Å². The zero-order valence-electron chi connectivity index (χ0n) is 8.19. The molecule has 0 aliphatic heterocycles. The third-order valence-electron chi connectivity index (χ3n) is 2.77. The van der Waals surface area contributed by atoms with E-state index in [0.29, 0.717) is 12.5 Å². The highest BCUT2D eigenvalue weighted by Crippen LogP contribution is 2.28. The Morgan fingerprint density at radius 2 is 2.36 bits per heavy atom. The lowest BCUT2D eigenvalue weighted by molar-refractivity contribution is 0.218. The first-order chi connectivity index (χ1) is 6.90. The summed E-state index contributed by atoms with van der Waals surface area (Å²) in [6, 6.07) is 6.00. The van der Waals surface area contributed by atoms with Gasteiger partial charge < -0.3 is 5.11 Å². The molecule has 1 aromatic heterocycles. The maximum atomic E-state index is 9.00. The molecule has 0 bridgehead atoms. The number of rotatable bonds is 2. The average Bonchev–Trinajstić information content (AvgIpc) is 2.30. The minimum atomic E-state index is 0.312. The fraction of sp³-hybridized carbons (Fsp3) is 0.417. The van der Waals surface area contributed by atoms with Crippen LogP contribution in [0.2, 0.25) is 0 Å². The van der Waals surface area contributed by atoms with E-state index in [0.717, 1.165) is 25.0 Å². The zero-order valence-corrected chi connectivity index (χ0v) is 8.19. The van der Waals surface area contributed by atoms with E-state index in [1.807, 2.05) is 24.4 Å². The Morgan fingerprint density at radius 1 is 1.43 bits per heavy atom. The number of aliphatic hydroxyl groups is 1. The zero-order chi connectivity index (χ0) is 9.80. The van der Waals surface area contributed by atoms with E-state index in [9.17, 15) is 0 Å². The maximum Gasteiger partial charge on any atom is 0.0658 e. The summed E-state index contributed by atoms with van der Waals surface area (Å²) in [5.41, 5.74) is 2.42. The molecular formula is C12H15NO. The molecule has 2 nitrogen and oxygen atoms in total. The number of aliphatic hydroxyl groups excluding tert-OH is 1. The molecule has 1 aliphatic rings. The van der Waals surface area contributed by atoms with Crippen LogP contribution in [0.5, 0.6) is 0 Å². The molecule has 0 saturated heterocycles. The number of hydrogen-bond acceptors (Lipinski definition) is 2. The number of allylic oxidation sites excluding steroid dienone is 2. The summed E-state index contributed by atoms with van der Waals surface area (Å²) in [6.45, 7) is 0.312. The lowest BCUT2D eigenvalue weighted by Gasteiger charge is -2.19. The van der Waals surface area contributed by atoms with Crippen molar-refractivity contribution >= 4 is 5.57 Å². The summed E-state index contributed by atoms with van der Waals surface area (Å²) in [6.07, 6.45) is 7.16. The largest absolute Gasteiger partial charge is 0.396 e. The second kappa shape index (κ2) is 4.38. The normalized spacial score (nSPS) is 21.8. The summed E-state index contributed by atoms with van der Waals surface area (Å²) in [5.74, 6) is 0.461. The minimum Gasteiger partial charge on any atom is -0.396 e. The van der Waals surface area contributed by atoms with Gasteiger partial charge in [0.2, 0.25) is 0 Å². The summed E-state index contributed by atoms with van der Waals surface area (Å²) in [4.78, 5) is 4.32. The van der Waals surface area contributed by atoms with Crippen molar-refractivity contribution in [3.05, 3.63) is 36.2 Å². The number of nitrogens with zero attached hydrogens (tertiary/aromatic N) is 1. The van der Waals surface area contributed by atoms with Crippen LogP contribution in [-0.2, 0) is 0 Å². The SMILES string of the molecule is OCC1CC=C(c2ccccn2)CC1. The average molecular weight is 189 g/mol. The standard InChI is InChI=1S/C12H15NO/c14-9-10-4-6-11(7-5-10)12-3-1-2-8-13-12/h1-3,6,8,10,14H,4-5,7,9H2. The van der Waals surface area contributed by atoms with Gasteiger partial charge in [-0.25, -0.2) is 0 Å². The van der Waals surface area contributed by atoms with Crippen molar-refractivity contribution in [2.24, 2.45) is 5.92 Å². The van der Waals surface area contributed by atoms with Crippen LogP contribution < -0.4 is 0 Å². The molecule has 1 aromatic rings. The van der Waals surface area contributed by atoms with Crippen molar-refractivity contribution in [2.75, 3.05) is 6.61 Å². The smallest absolute Gasteiger partial charge is 0.0658 e. The minimum absolute atomic E-state index is 0.312. The Morgan fingerprint density at radius 3 is 2.93 bits per heavy atom. The Balaban J connectivity index is 2.11. The molecule has 0 aromatic carbocycles. The molecule has 2 rings (SSSR count). The van der Waals surface area contributed by atoms with E-state index in [-0.39, 0.29) is 0 Å². The van der Waals surface area contributed by atoms with Crippen LogP contribution in [0.4, 0.5) is 0 Å². The second-order valence-electron chi connectivity index (χ2n) is 3.77. The highest BCUT2D eigenvalue weighted by atomic mass is 16.3. The summed E-state index contributed by atoms with van der Waals surface area (Å²) in [7, 11) is 0. The predicted octanol–water partition coefficient (Wildman–Crippen LogP) is 2.26. The van der Waals surface area contributed by atoms with Gasteiger partial charge in [-0.1, -0.05) is 12.1 Å². The summed E-state index contributed by atoms with van der Waals surface area (Å²) >= 11 is 0. The molecule has 1 heterocycles. The van der Waals surface area contributed by atoms with E-state index < -0.39 is 0 Å². The molecule has 14 heavy (non-hydrogen) atoms. The van der Waals surface area contributed by atoms with E-state index >= 15 is 0 Å². The Kier molecular flexibility index (Phi) is 2.94. The first-order valence-corrected chi connectivity index (χ1v) is 5.11. The molecule has 2 heteroatoms. The van der Waals surface area contributed by atoms with Crippen LogP contribution in [0.25, 0.3) is 5.57 Å². The van der Waals surface area contributed by atoms with Crippen LogP contribution in [0.15, 0.2) is 30.5 Å². The predicted molar refractivity (Wildman–Crippen MR) is 56.6 cm³/mol. The fourth-order valence-electron chi connectivity index (χ4n) is 1.84. The Hall–Kier alpha value is -1.15. The van der Waals surface area contributed by atoms with E-state index in [4.69, 9.17) is 5.11 Å². The van der Waals surface area contributed by atoms with Gasteiger partial charge in [-0.3, -0.25) is 4.98 Å². The van der Waals surface area contributed by atoms with Gasteiger partial charge in [0.15, 0.2) is 0 Å². The number of hydrogen-bond donors (Lipinski definition) is 1. The fourth-order valence-corrected chi connectivity index (χ4v) is 1.84. The van der Waals surface area contributed by atoms with Crippen LogP contribution >= 0.6 is 0 Å². The van der Waals surface area contributed by atoms with Gasteiger partial charge in [-0.05, 0) is 42.9 Å². The van der Waals surface area contributed by atoms with Crippen molar-refractivity contribution in [2.45, 2.75) is 19.3 Å². The third kappa shape index (κ3) is 2.02. The van der Waals surface area contributed by atoms with Gasteiger partial charge >= 0.3 is 0 Å². The summed E-state index contributed by atoms with van der Waals surface area (Å²) < 4.78 is 0. The topological polar surface area (TPSA) is 33.1 Å². The van der Waals surface area contributed by atoms with Crippen molar-refractivity contribution in [3.8, 4) is 0 Å². The summed E-state index contributed by atoms with van der Waals surface area (Å²) in [5, 5.41) is 9.00. The van der Waals surface area contributed by atoms with Gasteiger partial charge in [-0.2, -0.15) is 0 Å². The third-order valence-corrected chi connectivity index (χ3v) is 2.77. The highest BCUT2D eigenvalue weighted by Gasteiger charge is 2.14. The van der Waals surface area contributed by atoms with Gasteiger partial charge in [0, 0.05) is 12.8 Å². The quantitative estimate of drug-likeness (QED) is 0.774. The Bertz CT molecular complexity index is 318. The van der Waals surface area contributed by atoms with E-state index in [2.05, 4.69) is 11.1 Å². The molecule has 0 saturated carbocycles. The molecule has 1 aliphatic carbocycles. The molecule has 1 N–H and O–H groups in total. The van der Waals surface area contributed by atoms with Crippen molar-refractivity contribution < 1.29 is 5.11 Å². The van der Waals surface area contributed by atoms with Crippen molar-refractivity contribution in [1.29, 1.82) is 0 Å². The van der Waals surface area contributed by atoms with Gasteiger partial charge in [-0.15, -0.1) is 0 Å². The van der Waals surface area contributed by atoms with Crippen molar-refractivity contribution in [3.63, 3.8) is 0 Å². The van der Waals surface area contributed by atoms with Gasteiger partial charge in [0.25, 0.3) is 0 Å². The van der Waals surface area contributed by atoms with Crippen LogP contribution in [0.1, 0.15) is 25.0 Å². The van der Waals surface area contributed by atoms with Crippen LogP contribution in [0, 0.1) is 5.92 Å². The molecule has 74 valence electrons. The molecular weight excluding hydrogens is 174 g/mol. The monoisotopic (exact) mass is 189 g/mol. The van der Waals surface area contributed by atoms with Gasteiger partial charge in [0.05, 0.1) is 5.69 Å². The molecule has 1 atom stereocenters. The Labute approximate surface area is 84.3 Å². The highest BCUT2D eigenvalue weighted by molar-refractivity contribution is 5.62. The van der Waals surface area contributed by atoms with E-state index in [1.54, 1.807) is 0 Å². The number of pyridine rings is 1. The lowest BCUT2D eigenvalue weighted by atomic mass is 9.89. The molecule has 0 amide bonds. The maximum absolute atomic E-state index is 9.00. The number of aromatic nitrogens is 1. The van der Waals surface area contributed by atoms with Gasteiger partial charge in [0.1, 0.15) is 0 Å². The molecule has 0 spiro atoms. The van der Waals surface area contributed by atoms with Crippen LogP contribution in [0.3, 0.4) is 0 Å².